The quantitative estimate of drug-likeness (QED) is 0.640. The molecule has 5 nitrogen and oxygen atoms in total. The van der Waals surface area contributed by atoms with E-state index in [0.29, 0.717) is 13.0 Å². The average Bonchev–Trinajstić information content (AvgIpc) is 2.49. The molecule has 0 bridgehead atoms. The van der Waals surface area contributed by atoms with Crippen molar-refractivity contribution in [1.29, 1.82) is 0 Å². The Morgan fingerprint density at radius 3 is 2.50 bits per heavy atom. The molecule has 2 aliphatic heterocycles. The van der Waals surface area contributed by atoms with Gasteiger partial charge in [-0.1, -0.05) is 0 Å². The molecule has 2 heterocycles. The molecule has 2 amide bonds. The number of imide groups is 1. The van der Waals surface area contributed by atoms with Crippen LogP contribution in [0.15, 0.2) is 0 Å². The highest BCUT2D eigenvalue weighted by Gasteiger charge is 2.53. The van der Waals surface area contributed by atoms with Gasteiger partial charge in [-0.25, -0.2) is 0 Å². The lowest BCUT2D eigenvalue weighted by molar-refractivity contribution is -0.189. The largest absolute Gasteiger partial charge is 0.306 e. The summed E-state index contributed by atoms with van der Waals surface area (Å²) in [6.45, 7) is 3.88. The van der Waals surface area contributed by atoms with E-state index in [2.05, 4.69) is 4.90 Å². The predicted molar refractivity (Wildman–Crippen MR) is 57.3 cm³/mol. The summed E-state index contributed by atoms with van der Waals surface area (Å²) in [5, 5.41) is 0.978. The van der Waals surface area contributed by atoms with Crippen molar-refractivity contribution in [3.63, 3.8) is 0 Å². The maximum Gasteiger partial charge on any atom is 0.260 e. The van der Waals surface area contributed by atoms with Gasteiger partial charge in [0.2, 0.25) is 0 Å². The predicted octanol–water partition coefficient (Wildman–Crippen LogP) is 0.409. The van der Waals surface area contributed by atoms with E-state index in [1.807, 2.05) is 7.05 Å². The highest BCUT2D eigenvalue weighted by Crippen LogP contribution is 2.41. The van der Waals surface area contributed by atoms with Crippen molar-refractivity contribution in [1.82, 2.24) is 9.96 Å². The molecule has 2 rings (SSSR count). The number of likely N-dealkylation sites (tertiary alicyclic amines) is 1. The molecule has 2 aliphatic rings. The fourth-order valence-corrected chi connectivity index (χ4v) is 2.46. The number of hydrogen-bond acceptors (Lipinski definition) is 4. The third-order valence-corrected chi connectivity index (χ3v) is 3.56. The van der Waals surface area contributed by atoms with E-state index in [1.165, 1.54) is 0 Å². The van der Waals surface area contributed by atoms with Crippen molar-refractivity contribution >= 4 is 11.8 Å². The summed E-state index contributed by atoms with van der Waals surface area (Å²) in [6, 6.07) is 0. The van der Waals surface area contributed by atoms with Crippen LogP contribution in [0.4, 0.5) is 0 Å². The van der Waals surface area contributed by atoms with E-state index < -0.39 is 5.41 Å². The molecule has 0 aromatic heterocycles. The van der Waals surface area contributed by atoms with Gasteiger partial charge in [-0.05, 0) is 39.9 Å². The first-order chi connectivity index (χ1) is 7.59. The second-order valence-corrected chi connectivity index (χ2v) is 4.67. The van der Waals surface area contributed by atoms with Crippen molar-refractivity contribution in [3.8, 4) is 0 Å². The lowest BCUT2D eigenvalue weighted by Gasteiger charge is -2.35. The monoisotopic (exact) mass is 226 g/mol. The molecule has 2 saturated heterocycles. The molecule has 2 fully saturated rings. The zero-order valence-electron chi connectivity index (χ0n) is 9.86. The Balaban J connectivity index is 2.13. The number of carbonyl (C=O) groups excluding carboxylic acids is 2. The molecule has 0 aromatic rings. The molecule has 0 aromatic carbocycles. The minimum atomic E-state index is -0.473. The fourth-order valence-electron chi connectivity index (χ4n) is 2.46. The second-order valence-electron chi connectivity index (χ2n) is 4.67. The zero-order valence-corrected chi connectivity index (χ0v) is 9.86. The second kappa shape index (κ2) is 4.14. The van der Waals surface area contributed by atoms with Crippen LogP contribution in [0.3, 0.4) is 0 Å². The third kappa shape index (κ3) is 1.74. The van der Waals surface area contributed by atoms with Crippen LogP contribution in [-0.4, -0.2) is 48.5 Å². The van der Waals surface area contributed by atoms with Gasteiger partial charge in [0.25, 0.3) is 11.8 Å². The fraction of sp³-hybridized carbons (Fsp3) is 0.818. The summed E-state index contributed by atoms with van der Waals surface area (Å²) in [5.41, 5.74) is -0.473. The van der Waals surface area contributed by atoms with Crippen LogP contribution >= 0.6 is 0 Å². The van der Waals surface area contributed by atoms with Crippen molar-refractivity contribution < 1.29 is 14.4 Å². The summed E-state index contributed by atoms with van der Waals surface area (Å²) >= 11 is 0. The Bertz CT molecular complexity index is 308. The van der Waals surface area contributed by atoms with Crippen molar-refractivity contribution in [2.75, 3.05) is 26.7 Å². The Labute approximate surface area is 95.3 Å². The van der Waals surface area contributed by atoms with Gasteiger partial charge in [0.1, 0.15) is 0 Å². The number of carbonyl (C=O) groups is 2. The maximum atomic E-state index is 12.2. The van der Waals surface area contributed by atoms with Gasteiger partial charge in [-0.15, -0.1) is 0 Å². The summed E-state index contributed by atoms with van der Waals surface area (Å²) in [4.78, 5) is 31.1. The Hall–Kier alpha value is -0.940. The van der Waals surface area contributed by atoms with Crippen molar-refractivity contribution in [2.24, 2.45) is 5.41 Å². The molecule has 5 heteroatoms. The SMILES string of the molecule is CCON1C(=O)CC2(CCN(C)CC2)C1=O. The first-order valence-corrected chi connectivity index (χ1v) is 5.78. The minimum absolute atomic E-state index is 0.132. The third-order valence-electron chi connectivity index (χ3n) is 3.56. The van der Waals surface area contributed by atoms with Gasteiger partial charge in [-0.3, -0.25) is 14.4 Å². The molecule has 16 heavy (non-hydrogen) atoms. The summed E-state index contributed by atoms with van der Waals surface area (Å²) in [6.07, 6.45) is 1.84. The van der Waals surface area contributed by atoms with Crippen LogP contribution in [0, 0.1) is 5.41 Å². The molecule has 90 valence electrons. The van der Waals surface area contributed by atoms with Gasteiger partial charge >= 0.3 is 0 Å². The lowest BCUT2D eigenvalue weighted by Crippen LogP contribution is -2.43. The van der Waals surface area contributed by atoms with Crippen LogP contribution in [0.1, 0.15) is 26.2 Å². The van der Waals surface area contributed by atoms with E-state index in [0.717, 1.165) is 31.0 Å². The Kier molecular flexibility index (Phi) is 2.99. The normalized spacial score (nSPS) is 25.8. The van der Waals surface area contributed by atoms with E-state index in [9.17, 15) is 9.59 Å². The van der Waals surface area contributed by atoms with Gasteiger partial charge in [0, 0.05) is 6.42 Å². The van der Waals surface area contributed by atoms with E-state index in [4.69, 9.17) is 4.84 Å². The van der Waals surface area contributed by atoms with Gasteiger partial charge in [0.05, 0.1) is 12.0 Å². The van der Waals surface area contributed by atoms with Crippen molar-refractivity contribution in [2.45, 2.75) is 26.2 Å². The van der Waals surface area contributed by atoms with Crippen LogP contribution < -0.4 is 0 Å². The number of amides is 2. The van der Waals surface area contributed by atoms with Crippen LogP contribution in [0.5, 0.6) is 0 Å². The molecule has 0 saturated carbocycles. The molecule has 1 spiro atoms. The molecule has 0 atom stereocenters. The highest BCUT2D eigenvalue weighted by molar-refractivity contribution is 6.04. The smallest absolute Gasteiger partial charge is 0.260 e. The molecule has 0 radical (unpaired) electrons. The molecular weight excluding hydrogens is 208 g/mol. The first-order valence-electron chi connectivity index (χ1n) is 5.78. The van der Waals surface area contributed by atoms with Gasteiger partial charge < -0.3 is 4.90 Å². The van der Waals surface area contributed by atoms with Crippen LogP contribution in [-0.2, 0) is 14.4 Å². The number of piperidine rings is 1. The van der Waals surface area contributed by atoms with E-state index in [-0.39, 0.29) is 11.8 Å². The number of nitrogens with zero attached hydrogens (tertiary/aromatic N) is 2. The Morgan fingerprint density at radius 2 is 1.94 bits per heavy atom. The first kappa shape index (κ1) is 11.5. The molecule has 0 unspecified atom stereocenters. The topological polar surface area (TPSA) is 49.9 Å². The minimum Gasteiger partial charge on any atom is -0.306 e. The summed E-state index contributed by atoms with van der Waals surface area (Å²) < 4.78 is 0. The van der Waals surface area contributed by atoms with E-state index >= 15 is 0 Å². The van der Waals surface area contributed by atoms with Gasteiger partial charge in [0.15, 0.2) is 0 Å². The van der Waals surface area contributed by atoms with Crippen LogP contribution in [0.25, 0.3) is 0 Å². The van der Waals surface area contributed by atoms with Crippen LogP contribution in [0.2, 0.25) is 0 Å². The van der Waals surface area contributed by atoms with E-state index in [1.54, 1.807) is 6.92 Å². The summed E-state index contributed by atoms with van der Waals surface area (Å²) in [7, 11) is 2.04. The average molecular weight is 226 g/mol. The lowest BCUT2D eigenvalue weighted by atomic mass is 9.77. The number of hydrogen-bond donors (Lipinski definition) is 0. The van der Waals surface area contributed by atoms with Gasteiger partial charge in [-0.2, -0.15) is 5.06 Å². The Morgan fingerprint density at radius 1 is 1.31 bits per heavy atom. The number of rotatable bonds is 2. The molecular formula is C11H18N2O3. The molecule has 0 N–H and O–H groups in total. The standard InChI is InChI=1S/C11H18N2O3/c1-3-16-13-9(14)8-11(10(13)15)4-6-12(2)7-5-11/h3-8H2,1-2H3. The highest BCUT2D eigenvalue weighted by atomic mass is 16.7. The zero-order chi connectivity index (χ0) is 11.8. The summed E-state index contributed by atoms with van der Waals surface area (Å²) in [5.74, 6) is -0.316. The maximum absolute atomic E-state index is 12.2. The van der Waals surface area contributed by atoms with Crippen molar-refractivity contribution in [3.05, 3.63) is 0 Å². The number of hydroxylamine groups is 2. The molecule has 0 aliphatic carbocycles.